The second kappa shape index (κ2) is 5.67. The van der Waals surface area contributed by atoms with Crippen molar-refractivity contribution in [2.24, 2.45) is 0 Å². The first-order chi connectivity index (χ1) is 10.1. The van der Waals surface area contributed by atoms with Crippen LogP contribution in [0, 0.1) is 12.7 Å². The van der Waals surface area contributed by atoms with Gasteiger partial charge in [0, 0.05) is 5.56 Å². The zero-order valence-corrected chi connectivity index (χ0v) is 14.0. The van der Waals surface area contributed by atoms with Crippen LogP contribution in [0.25, 0.3) is 0 Å². The van der Waals surface area contributed by atoms with E-state index in [0.717, 1.165) is 0 Å². The molecule has 1 aromatic rings. The average molecular weight is 308 g/mol. The number of carbonyl (C=O) groups is 1. The number of rotatable bonds is 3. The van der Waals surface area contributed by atoms with Crippen LogP contribution in [-0.4, -0.2) is 31.4 Å². The minimum atomic E-state index is -0.620. The van der Waals surface area contributed by atoms with Gasteiger partial charge in [0.1, 0.15) is 5.82 Å². The second-order valence-corrected chi connectivity index (χ2v) is 6.64. The van der Waals surface area contributed by atoms with Crippen molar-refractivity contribution in [3.63, 3.8) is 0 Å². The summed E-state index contributed by atoms with van der Waals surface area (Å²) in [5.74, 6) is -0.916. The van der Waals surface area contributed by atoms with E-state index >= 15 is 0 Å². The third kappa shape index (κ3) is 3.03. The summed E-state index contributed by atoms with van der Waals surface area (Å²) in [6.45, 7) is 9.55. The average Bonchev–Trinajstić information content (AvgIpc) is 2.62. The van der Waals surface area contributed by atoms with Gasteiger partial charge in [-0.05, 0) is 51.7 Å². The molecule has 120 valence electrons. The van der Waals surface area contributed by atoms with Crippen LogP contribution in [0.1, 0.15) is 38.8 Å². The molecule has 0 aliphatic carbocycles. The fourth-order valence-corrected chi connectivity index (χ4v) is 2.36. The van der Waals surface area contributed by atoms with Gasteiger partial charge in [0.15, 0.2) is 0 Å². The van der Waals surface area contributed by atoms with Crippen molar-refractivity contribution < 1.29 is 23.2 Å². The van der Waals surface area contributed by atoms with Gasteiger partial charge in [-0.25, -0.2) is 4.39 Å². The number of methoxy groups -OCH3 is 1. The van der Waals surface area contributed by atoms with Gasteiger partial charge in [-0.1, -0.05) is 6.07 Å². The lowest BCUT2D eigenvalue weighted by Crippen LogP contribution is -2.41. The van der Waals surface area contributed by atoms with E-state index in [9.17, 15) is 9.18 Å². The zero-order valence-electron chi connectivity index (χ0n) is 14.0. The van der Waals surface area contributed by atoms with Crippen LogP contribution in [0.3, 0.4) is 0 Å². The van der Waals surface area contributed by atoms with Gasteiger partial charge in [0.05, 0.1) is 24.7 Å². The van der Waals surface area contributed by atoms with Crippen LogP contribution in [0.2, 0.25) is 0 Å². The van der Waals surface area contributed by atoms with Crippen LogP contribution in [0.15, 0.2) is 12.1 Å². The van der Waals surface area contributed by atoms with Crippen molar-refractivity contribution in [1.29, 1.82) is 0 Å². The third-order valence-electron chi connectivity index (χ3n) is 4.52. The number of benzene rings is 1. The molecule has 1 aliphatic heterocycles. The van der Waals surface area contributed by atoms with E-state index in [1.165, 1.54) is 13.2 Å². The topological polar surface area (TPSA) is 44.8 Å². The molecule has 1 aliphatic rings. The smallest absolute Gasteiger partial charge is 0.469 e. The Kier molecular flexibility index (Phi) is 4.37. The predicted molar refractivity (Wildman–Crippen MR) is 82.6 cm³/mol. The van der Waals surface area contributed by atoms with Crippen molar-refractivity contribution in [3.05, 3.63) is 29.1 Å². The van der Waals surface area contributed by atoms with E-state index in [2.05, 4.69) is 4.74 Å². The molecule has 0 N–H and O–H groups in total. The van der Waals surface area contributed by atoms with E-state index in [0.29, 0.717) is 16.6 Å². The molecular formula is C16H22BFO4. The SMILES string of the molecule is COC(=O)Cc1c(C)cc(B2OC(C)(C)C(C)(C)O2)cc1F. The maximum atomic E-state index is 14.3. The minimum Gasteiger partial charge on any atom is -0.469 e. The second-order valence-electron chi connectivity index (χ2n) is 6.64. The summed E-state index contributed by atoms with van der Waals surface area (Å²) in [6, 6.07) is 3.16. The highest BCUT2D eigenvalue weighted by molar-refractivity contribution is 6.62. The van der Waals surface area contributed by atoms with Gasteiger partial charge >= 0.3 is 13.1 Å². The molecular weight excluding hydrogens is 286 g/mol. The molecule has 1 fully saturated rings. The van der Waals surface area contributed by atoms with Crippen molar-refractivity contribution in [2.75, 3.05) is 7.11 Å². The summed E-state index contributed by atoms with van der Waals surface area (Å²) in [5, 5.41) is 0. The van der Waals surface area contributed by atoms with E-state index in [-0.39, 0.29) is 6.42 Å². The van der Waals surface area contributed by atoms with Crippen LogP contribution in [0.4, 0.5) is 4.39 Å². The van der Waals surface area contributed by atoms with Crippen LogP contribution < -0.4 is 5.46 Å². The molecule has 0 atom stereocenters. The molecule has 0 aromatic heterocycles. The molecule has 0 spiro atoms. The molecule has 0 bridgehead atoms. The number of hydrogen-bond donors (Lipinski definition) is 0. The first-order valence-electron chi connectivity index (χ1n) is 7.29. The molecule has 1 heterocycles. The Morgan fingerprint density at radius 3 is 2.23 bits per heavy atom. The normalized spacial score (nSPS) is 19.3. The lowest BCUT2D eigenvalue weighted by molar-refractivity contribution is -0.139. The fraction of sp³-hybridized carbons (Fsp3) is 0.562. The summed E-state index contributed by atoms with van der Waals surface area (Å²) < 4.78 is 30.8. The molecule has 0 unspecified atom stereocenters. The third-order valence-corrected chi connectivity index (χ3v) is 4.52. The van der Waals surface area contributed by atoms with Crippen molar-refractivity contribution >= 4 is 18.6 Å². The Morgan fingerprint density at radius 1 is 1.23 bits per heavy atom. The standard InChI is InChI=1S/C16H22BFO4/c1-10-7-11(8-13(18)12(10)9-14(19)20-6)17-21-15(2,3)16(4,5)22-17/h7-8H,9H2,1-6H3. The fourth-order valence-electron chi connectivity index (χ4n) is 2.36. The Balaban J connectivity index is 2.30. The predicted octanol–water partition coefficient (Wildman–Crippen LogP) is 2.15. The van der Waals surface area contributed by atoms with Gasteiger partial charge in [-0.15, -0.1) is 0 Å². The number of halogens is 1. The Morgan fingerprint density at radius 2 is 1.77 bits per heavy atom. The highest BCUT2D eigenvalue weighted by atomic mass is 19.1. The number of aryl methyl sites for hydroxylation is 1. The van der Waals surface area contributed by atoms with Crippen molar-refractivity contribution in [1.82, 2.24) is 0 Å². The summed E-state index contributed by atoms with van der Waals surface area (Å²) in [6.07, 6.45) is -0.0855. The molecule has 0 amide bonds. The molecule has 22 heavy (non-hydrogen) atoms. The number of ether oxygens (including phenoxy) is 1. The molecule has 1 saturated heterocycles. The molecule has 1 aromatic carbocycles. The monoisotopic (exact) mass is 308 g/mol. The molecule has 0 radical (unpaired) electrons. The summed E-state index contributed by atoms with van der Waals surface area (Å²) >= 11 is 0. The lowest BCUT2D eigenvalue weighted by Gasteiger charge is -2.32. The van der Waals surface area contributed by atoms with Crippen LogP contribution in [0.5, 0.6) is 0 Å². The van der Waals surface area contributed by atoms with Gasteiger partial charge in [-0.2, -0.15) is 0 Å². The minimum absolute atomic E-state index is 0.0855. The maximum Gasteiger partial charge on any atom is 0.494 e. The summed E-state index contributed by atoms with van der Waals surface area (Å²) in [4.78, 5) is 11.4. The Bertz CT molecular complexity index is 559. The van der Waals surface area contributed by atoms with Gasteiger partial charge in [0.2, 0.25) is 0 Å². The number of hydrogen-bond acceptors (Lipinski definition) is 4. The number of carbonyl (C=O) groups excluding carboxylic acids is 1. The van der Waals surface area contributed by atoms with Crippen molar-refractivity contribution in [2.45, 2.75) is 52.2 Å². The Hall–Kier alpha value is -1.40. The van der Waals surface area contributed by atoms with Gasteiger partial charge < -0.3 is 14.0 Å². The Labute approximate surface area is 131 Å². The quantitative estimate of drug-likeness (QED) is 0.634. The highest BCUT2D eigenvalue weighted by Gasteiger charge is 2.51. The van der Waals surface area contributed by atoms with Gasteiger partial charge in [0.25, 0.3) is 0 Å². The van der Waals surface area contributed by atoms with Gasteiger partial charge in [-0.3, -0.25) is 4.79 Å². The molecule has 0 saturated carbocycles. The first kappa shape index (κ1) is 17.0. The van der Waals surface area contributed by atoms with E-state index in [1.807, 2.05) is 27.7 Å². The van der Waals surface area contributed by atoms with Crippen LogP contribution in [-0.2, 0) is 25.3 Å². The van der Waals surface area contributed by atoms with E-state index in [1.54, 1.807) is 13.0 Å². The zero-order chi connectivity index (χ0) is 16.7. The first-order valence-corrected chi connectivity index (χ1v) is 7.29. The van der Waals surface area contributed by atoms with E-state index in [4.69, 9.17) is 9.31 Å². The van der Waals surface area contributed by atoms with Crippen LogP contribution >= 0.6 is 0 Å². The molecule has 2 rings (SSSR count). The summed E-state index contributed by atoms with van der Waals surface area (Å²) in [7, 11) is 0.666. The van der Waals surface area contributed by atoms with E-state index < -0.39 is 30.1 Å². The largest absolute Gasteiger partial charge is 0.494 e. The number of esters is 1. The molecule has 4 nitrogen and oxygen atoms in total. The van der Waals surface area contributed by atoms with Crippen molar-refractivity contribution in [3.8, 4) is 0 Å². The maximum absolute atomic E-state index is 14.3. The highest BCUT2D eigenvalue weighted by Crippen LogP contribution is 2.36. The summed E-state index contributed by atoms with van der Waals surface area (Å²) in [5.41, 5.74) is 0.670. The lowest BCUT2D eigenvalue weighted by atomic mass is 9.77. The molecule has 6 heteroatoms.